The first-order valence-corrected chi connectivity index (χ1v) is 11.4. The van der Waals surface area contributed by atoms with Gasteiger partial charge in [0, 0.05) is 16.3 Å². The van der Waals surface area contributed by atoms with Crippen LogP contribution in [0, 0.1) is 0 Å². The van der Waals surface area contributed by atoms with Crippen molar-refractivity contribution in [1.82, 2.24) is 3.97 Å². The van der Waals surface area contributed by atoms with Crippen molar-refractivity contribution in [2.24, 2.45) is 0 Å². The van der Waals surface area contributed by atoms with Gasteiger partial charge in [0.25, 0.3) is 0 Å². The molecule has 35 heavy (non-hydrogen) atoms. The number of fused-ring (bicyclic) bond motifs is 1. The minimum Gasteiger partial charge on any atom is -0.493 e. The Kier molecular flexibility index (Phi) is 7.26. The second-order valence-corrected chi connectivity index (χ2v) is 8.44. The highest BCUT2D eigenvalue weighted by Gasteiger charge is 2.21. The first-order valence-electron chi connectivity index (χ1n) is 10.6. The molecular formula is C26H25NO7S. The number of methoxy groups -OCH3 is 4. The van der Waals surface area contributed by atoms with Gasteiger partial charge in [0.05, 0.1) is 34.0 Å². The summed E-state index contributed by atoms with van der Waals surface area (Å²) in [6.45, 7) is 0.342. The van der Waals surface area contributed by atoms with Crippen molar-refractivity contribution in [2.45, 2.75) is 11.5 Å². The fourth-order valence-electron chi connectivity index (χ4n) is 3.66. The number of carboxylic acid groups (broad SMARTS) is 1. The van der Waals surface area contributed by atoms with Crippen LogP contribution in [0.25, 0.3) is 10.9 Å². The van der Waals surface area contributed by atoms with Crippen molar-refractivity contribution in [3.8, 4) is 28.7 Å². The molecule has 1 aromatic heterocycles. The van der Waals surface area contributed by atoms with Gasteiger partial charge in [0.1, 0.15) is 12.3 Å². The van der Waals surface area contributed by atoms with Crippen molar-refractivity contribution >= 4 is 28.8 Å². The smallest absolute Gasteiger partial charge is 0.353 e. The second-order valence-electron chi connectivity index (χ2n) is 7.42. The lowest BCUT2D eigenvalue weighted by Crippen LogP contribution is -2.03. The van der Waals surface area contributed by atoms with E-state index in [1.54, 1.807) is 41.4 Å². The summed E-state index contributed by atoms with van der Waals surface area (Å²) >= 11 is 1.22. The van der Waals surface area contributed by atoms with Crippen LogP contribution < -0.4 is 23.7 Å². The van der Waals surface area contributed by atoms with Gasteiger partial charge in [-0.3, -0.25) is 3.97 Å². The number of rotatable bonds is 10. The summed E-state index contributed by atoms with van der Waals surface area (Å²) < 4.78 is 29.5. The Balaban J connectivity index is 1.79. The van der Waals surface area contributed by atoms with E-state index in [0.717, 1.165) is 5.56 Å². The molecule has 0 radical (unpaired) electrons. The maximum Gasteiger partial charge on any atom is 0.353 e. The molecule has 1 N–H and O–H groups in total. The molecule has 1 heterocycles. The molecule has 4 aromatic rings. The van der Waals surface area contributed by atoms with E-state index in [-0.39, 0.29) is 5.69 Å². The molecule has 8 nitrogen and oxygen atoms in total. The Labute approximate surface area is 207 Å². The van der Waals surface area contributed by atoms with Crippen molar-refractivity contribution in [3.63, 3.8) is 0 Å². The minimum absolute atomic E-state index is 0.0982. The Bertz CT molecular complexity index is 1330. The van der Waals surface area contributed by atoms with Gasteiger partial charge in [-0.2, -0.15) is 0 Å². The molecule has 0 aliphatic rings. The van der Waals surface area contributed by atoms with Crippen LogP contribution in [0.1, 0.15) is 16.1 Å². The van der Waals surface area contributed by atoms with E-state index in [1.165, 1.54) is 33.3 Å². The van der Waals surface area contributed by atoms with Gasteiger partial charge in [-0.05, 0) is 41.8 Å². The average molecular weight is 496 g/mol. The van der Waals surface area contributed by atoms with Crippen molar-refractivity contribution < 1.29 is 33.6 Å². The first-order chi connectivity index (χ1) is 17.0. The monoisotopic (exact) mass is 495 g/mol. The molecule has 9 heteroatoms. The summed E-state index contributed by atoms with van der Waals surface area (Å²) in [6, 6.07) is 18.5. The summed E-state index contributed by atoms with van der Waals surface area (Å²) in [5.41, 5.74) is 1.76. The third kappa shape index (κ3) is 4.95. The molecule has 0 amide bonds. The van der Waals surface area contributed by atoms with Crippen LogP contribution in [0.4, 0.5) is 0 Å². The zero-order valence-corrected chi connectivity index (χ0v) is 20.5. The van der Waals surface area contributed by atoms with E-state index in [1.807, 2.05) is 30.3 Å². The quantitative estimate of drug-likeness (QED) is 0.308. The lowest BCUT2D eigenvalue weighted by Gasteiger charge is -2.15. The third-order valence-electron chi connectivity index (χ3n) is 5.33. The van der Waals surface area contributed by atoms with Crippen LogP contribution in [-0.4, -0.2) is 43.5 Å². The second kappa shape index (κ2) is 10.5. The van der Waals surface area contributed by atoms with Crippen LogP contribution in [0.2, 0.25) is 0 Å². The van der Waals surface area contributed by atoms with E-state index in [4.69, 9.17) is 23.7 Å². The van der Waals surface area contributed by atoms with Crippen LogP contribution >= 0.6 is 11.9 Å². The Morgan fingerprint density at radius 2 is 1.49 bits per heavy atom. The van der Waals surface area contributed by atoms with Gasteiger partial charge in [-0.15, -0.1) is 0 Å². The molecule has 3 aromatic carbocycles. The number of aromatic carboxylic acids is 1. The van der Waals surface area contributed by atoms with Crippen LogP contribution in [0.5, 0.6) is 28.7 Å². The zero-order valence-electron chi connectivity index (χ0n) is 19.7. The number of carbonyl (C=O) groups is 1. The normalized spacial score (nSPS) is 10.7. The van der Waals surface area contributed by atoms with Gasteiger partial charge in [-0.1, -0.05) is 30.3 Å². The SMILES string of the molecule is COc1cc2cc(C(=O)O)n(Sc3cc(OC)c(OC)c(OC)c3)c2cc1OCc1ccccc1. The number of ether oxygens (including phenoxy) is 5. The predicted molar refractivity (Wildman–Crippen MR) is 134 cm³/mol. The maximum atomic E-state index is 12.1. The van der Waals surface area contributed by atoms with E-state index in [2.05, 4.69) is 0 Å². The number of hydrogen-bond donors (Lipinski definition) is 1. The summed E-state index contributed by atoms with van der Waals surface area (Å²) in [5, 5.41) is 10.6. The highest BCUT2D eigenvalue weighted by Crippen LogP contribution is 2.43. The minimum atomic E-state index is -1.06. The summed E-state index contributed by atoms with van der Waals surface area (Å²) in [5.74, 6) is 1.35. The molecule has 0 spiro atoms. The number of benzene rings is 3. The number of hydrogen-bond acceptors (Lipinski definition) is 7. The van der Waals surface area contributed by atoms with E-state index in [9.17, 15) is 9.90 Å². The molecule has 0 bridgehead atoms. The molecule has 0 aliphatic carbocycles. The third-order valence-corrected chi connectivity index (χ3v) is 6.36. The standard InChI is InChI=1S/C26H25NO7S/c1-30-21-11-17-10-20(26(28)29)27(19(17)14-22(21)34-15-16-8-6-5-7-9-16)35-18-12-23(31-2)25(33-4)24(13-18)32-3/h5-14H,15H2,1-4H3,(H,28,29). The van der Waals surface area contributed by atoms with Gasteiger partial charge in [-0.25, -0.2) is 4.79 Å². The molecule has 182 valence electrons. The van der Waals surface area contributed by atoms with Crippen molar-refractivity contribution in [2.75, 3.05) is 28.4 Å². The van der Waals surface area contributed by atoms with Gasteiger partial charge >= 0.3 is 5.97 Å². The fourth-order valence-corrected chi connectivity index (χ4v) is 4.68. The number of nitrogens with zero attached hydrogens (tertiary/aromatic N) is 1. The van der Waals surface area contributed by atoms with Crippen LogP contribution in [0.15, 0.2) is 65.6 Å². The van der Waals surface area contributed by atoms with Gasteiger partial charge in [0.15, 0.2) is 23.0 Å². The van der Waals surface area contributed by atoms with Crippen LogP contribution in [0.3, 0.4) is 0 Å². The molecule has 0 saturated heterocycles. The fraction of sp³-hybridized carbons (Fsp3) is 0.192. The number of aromatic nitrogens is 1. The molecule has 4 rings (SSSR count). The summed E-state index contributed by atoms with van der Waals surface area (Å²) in [7, 11) is 6.14. The lowest BCUT2D eigenvalue weighted by atomic mass is 10.2. The molecule has 0 atom stereocenters. The van der Waals surface area contributed by atoms with Gasteiger partial charge in [0.2, 0.25) is 5.75 Å². The molecule has 0 aliphatic heterocycles. The first kappa shape index (κ1) is 24.2. The molecule has 0 fully saturated rings. The highest BCUT2D eigenvalue weighted by molar-refractivity contribution is 7.98. The maximum absolute atomic E-state index is 12.1. The Morgan fingerprint density at radius 1 is 0.829 bits per heavy atom. The average Bonchev–Trinajstić information content (AvgIpc) is 3.24. The Morgan fingerprint density at radius 3 is 2.06 bits per heavy atom. The summed E-state index contributed by atoms with van der Waals surface area (Å²) in [6.07, 6.45) is 0. The molecule has 0 unspecified atom stereocenters. The highest BCUT2D eigenvalue weighted by atomic mass is 32.2. The zero-order chi connectivity index (χ0) is 24.9. The Hall–Kier alpha value is -3.98. The number of carboxylic acids is 1. The van der Waals surface area contributed by atoms with Gasteiger partial charge < -0.3 is 28.8 Å². The predicted octanol–water partition coefficient (Wildman–Crippen LogP) is 5.51. The molecule has 0 saturated carbocycles. The topological polar surface area (TPSA) is 88.4 Å². The van der Waals surface area contributed by atoms with E-state index in [0.29, 0.717) is 51.2 Å². The lowest BCUT2D eigenvalue weighted by molar-refractivity contribution is 0.0690. The van der Waals surface area contributed by atoms with Crippen molar-refractivity contribution in [3.05, 3.63) is 71.9 Å². The van der Waals surface area contributed by atoms with Crippen molar-refractivity contribution in [1.29, 1.82) is 0 Å². The summed E-state index contributed by atoms with van der Waals surface area (Å²) in [4.78, 5) is 12.8. The van der Waals surface area contributed by atoms with E-state index < -0.39 is 5.97 Å². The van der Waals surface area contributed by atoms with Crippen LogP contribution in [-0.2, 0) is 6.61 Å². The largest absolute Gasteiger partial charge is 0.493 e. The molecular weight excluding hydrogens is 470 g/mol. The van der Waals surface area contributed by atoms with E-state index >= 15 is 0 Å².